The number of carbonyl (C=O) groups is 1. The Hall–Kier alpha value is -2.57. The summed E-state index contributed by atoms with van der Waals surface area (Å²) < 4.78 is 13.9. The van der Waals surface area contributed by atoms with Gasteiger partial charge in [-0.25, -0.2) is 9.18 Å². The number of hydrogen-bond donors (Lipinski definition) is 2. The lowest BCUT2D eigenvalue weighted by atomic mass is 10.1. The number of anilines is 1. The van der Waals surface area contributed by atoms with E-state index in [1.807, 2.05) is 24.8 Å². The van der Waals surface area contributed by atoms with Crippen LogP contribution in [0.2, 0.25) is 0 Å². The maximum absolute atomic E-state index is 13.9. The lowest BCUT2D eigenvalue weighted by Crippen LogP contribution is -2.52. The third kappa shape index (κ3) is 3.92. The van der Waals surface area contributed by atoms with Gasteiger partial charge in [0.1, 0.15) is 5.82 Å². The lowest BCUT2D eigenvalue weighted by molar-refractivity contribution is 0.194. The molecule has 0 unspecified atom stereocenters. The Morgan fingerprint density at radius 3 is 2.60 bits per heavy atom. The Balaban J connectivity index is 1.46. The van der Waals surface area contributed by atoms with Gasteiger partial charge in [-0.05, 0) is 38.0 Å². The zero-order chi connectivity index (χ0) is 17.8. The molecule has 0 aliphatic carbocycles. The summed E-state index contributed by atoms with van der Waals surface area (Å²) in [6, 6.07) is 6.70. The Kier molecular flexibility index (Phi) is 5.21. The van der Waals surface area contributed by atoms with E-state index in [9.17, 15) is 9.18 Å². The van der Waals surface area contributed by atoms with E-state index in [1.165, 1.54) is 6.07 Å². The quantitative estimate of drug-likeness (QED) is 0.893. The highest BCUT2D eigenvalue weighted by molar-refractivity contribution is 5.74. The van der Waals surface area contributed by atoms with Crippen LogP contribution in [-0.2, 0) is 6.42 Å². The van der Waals surface area contributed by atoms with Crippen LogP contribution in [0.1, 0.15) is 17.0 Å². The minimum Gasteiger partial charge on any atom is -0.366 e. The number of amides is 2. The van der Waals surface area contributed by atoms with E-state index in [0.717, 1.165) is 23.4 Å². The van der Waals surface area contributed by atoms with E-state index in [-0.39, 0.29) is 11.8 Å². The average Bonchev–Trinajstić information content (AvgIpc) is 2.94. The summed E-state index contributed by atoms with van der Waals surface area (Å²) in [6.07, 6.45) is 0.759. The maximum Gasteiger partial charge on any atom is 0.317 e. The molecular weight excluding hydrogens is 321 g/mol. The molecule has 3 rings (SSSR count). The summed E-state index contributed by atoms with van der Waals surface area (Å²) in [5.74, 6) is -0.216. The van der Waals surface area contributed by atoms with Crippen LogP contribution in [0.3, 0.4) is 0 Å². The molecule has 1 aliphatic rings. The predicted octanol–water partition coefficient (Wildman–Crippen LogP) is 2.24. The number of piperazine rings is 1. The third-order valence-corrected chi connectivity index (χ3v) is 4.69. The number of nitrogens with zero attached hydrogens (tertiary/aromatic N) is 3. The number of aryl methyl sites for hydroxylation is 2. The molecule has 0 radical (unpaired) electrons. The second-order valence-corrected chi connectivity index (χ2v) is 6.32. The minimum atomic E-state index is -0.216. The molecule has 0 bridgehead atoms. The van der Waals surface area contributed by atoms with Gasteiger partial charge in [0.05, 0.1) is 11.4 Å². The van der Waals surface area contributed by atoms with Crippen molar-refractivity contribution < 1.29 is 9.18 Å². The first-order chi connectivity index (χ1) is 12.1. The van der Waals surface area contributed by atoms with Crippen molar-refractivity contribution >= 4 is 11.7 Å². The molecule has 0 spiro atoms. The van der Waals surface area contributed by atoms with Crippen LogP contribution < -0.4 is 10.2 Å². The average molecular weight is 345 g/mol. The number of aromatic nitrogens is 2. The van der Waals surface area contributed by atoms with Gasteiger partial charge in [0, 0.05) is 38.4 Å². The second kappa shape index (κ2) is 7.55. The molecule has 1 aliphatic heterocycles. The molecule has 25 heavy (non-hydrogen) atoms. The van der Waals surface area contributed by atoms with E-state index in [4.69, 9.17) is 0 Å². The molecule has 2 N–H and O–H groups in total. The number of urea groups is 1. The van der Waals surface area contributed by atoms with Gasteiger partial charge >= 0.3 is 6.03 Å². The van der Waals surface area contributed by atoms with E-state index in [1.54, 1.807) is 17.0 Å². The van der Waals surface area contributed by atoms with Crippen LogP contribution >= 0.6 is 0 Å². The number of carbonyl (C=O) groups excluding carboxylic acids is 1. The van der Waals surface area contributed by atoms with Gasteiger partial charge in [0.2, 0.25) is 0 Å². The summed E-state index contributed by atoms with van der Waals surface area (Å²) in [6.45, 7) is 6.96. The Morgan fingerprint density at radius 1 is 1.24 bits per heavy atom. The summed E-state index contributed by atoms with van der Waals surface area (Å²) in [5, 5.41) is 10.1. The van der Waals surface area contributed by atoms with Gasteiger partial charge in [0.25, 0.3) is 0 Å². The van der Waals surface area contributed by atoms with Crippen molar-refractivity contribution in [1.29, 1.82) is 0 Å². The smallest absolute Gasteiger partial charge is 0.317 e. The molecule has 2 aromatic rings. The highest BCUT2D eigenvalue weighted by atomic mass is 19.1. The van der Waals surface area contributed by atoms with Gasteiger partial charge in [-0.2, -0.15) is 5.10 Å². The fourth-order valence-electron chi connectivity index (χ4n) is 3.21. The molecule has 2 amide bonds. The minimum absolute atomic E-state index is 0.0630. The van der Waals surface area contributed by atoms with E-state index in [0.29, 0.717) is 38.4 Å². The number of aromatic amines is 1. The van der Waals surface area contributed by atoms with Crippen LogP contribution in [0.15, 0.2) is 24.3 Å². The Bertz CT molecular complexity index is 717. The maximum atomic E-state index is 13.9. The number of benzene rings is 1. The van der Waals surface area contributed by atoms with Crippen molar-refractivity contribution in [1.82, 2.24) is 20.4 Å². The predicted molar refractivity (Wildman–Crippen MR) is 95.4 cm³/mol. The number of H-pyrrole nitrogens is 1. The van der Waals surface area contributed by atoms with Crippen molar-refractivity contribution in [2.24, 2.45) is 0 Å². The standard InChI is InChI=1S/C18H24FN5O/c1-13-15(14(2)22-21-13)7-8-20-18(25)24-11-9-23(10-12-24)17-6-4-3-5-16(17)19/h3-6H,7-12H2,1-2H3,(H,20,25)(H,21,22). The molecular formula is C18H24FN5O. The van der Waals surface area contributed by atoms with Crippen molar-refractivity contribution in [2.45, 2.75) is 20.3 Å². The topological polar surface area (TPSA) is 64.3 Å². The van der Waals surface area contributed by atoms with E-state index < -0.39 is 0 Å². The molecule has 1 aromatic carbocycles. The number of para-hydroxylation sites is 1. The number of rotatable bonds is 4. The first-order valence-corrected chi connectivity index (χ1v) is 8.59. The van der Waals surface area contributed by atoms with Gasteiger partial charge in [0.15, 0.2) is 0 Å². The van der Waals surface area contributed by atoms with Crippen molar-refractivity contribution in [3.05, 3.63) is 47.0 Å². The second-order valence-electron chi connectivity index (χ2n) is 6.32. The highest BCUT2D eigenvalue weighted by Crippen LogP contribution is 2.20. The highest BCUT2D eigenvalue weighted by Gasteiger charge is 2.22. The normalized spacial score (nSPS) is 14.7. The van der Waals surface area contributed by atoms with Gasteiger partial charge in [-0.15, -0.1) is 0 Å². The van der Waals surface area contributed by atoms with Crippen LogP contribution in [0.4, 0.5) is 14.9 Å². The lowest BCUT2D eigenvalue weighted by Gasteiger charge is -2.36. The Labute approximate surface area is 147 Å². The summed E-state index contributed by atoms with van der Waals surface area (Å²) >= 11 is 0. The van der Waals surface area contributed by atoms with Crippen LogP contribution in [0.25, 0.3) is 0 Å². The van der Waals surface area contributed by atoms with Crippen LogP contribution in [-0.4, -0.2) is 53.9 Å². The summed E-state index contributed by atoms with van der Waals surface area (Å²) in [4.78, 5) is 16.1. The SMILES string of the molecule is Cc1n[nH]c(C)c1CCNC(=O)N1CCN(c2ccccc2F)CC1. The van der Waals surface area contributed by atoms with E-state index >= 15 is 0 Å². The molecule has 134 valence electrons. The summed E-state index contributed by atoms with van der Waals surface area (Å²) in [5.41, 5.74) is 3.79. The Morgan fingerprint density at radius 2 is 1.96 bits per heavy atom. The molecule has 2 heterocycles. The van der Waals surface area contributed by atoms with Crippen LogP contribution in [0, 0.1) is 19.7 Å². The molecule has 1 aromatic heterocycles. The molecule has 7 heteroatoms. The van der Waals surface area contributed by atoms with Crippen molar-refractivity contribution in [2.75, 3.05) is 37.6 Å². The zero-order valence-corrected chi connectivity index (χ0v) is 14.7. The van der Waals surface area contributed by atoms with Crippen LogP contribution in [0.5, 0.6) is 0 Å². The number of hydrogen-bond acceptors (Lipinski definition) is 3. The largest absolute Gasteiger partial charge is 0.366 e. The van der Waals surface area contributed by atoms with Gasteiger partial charge in [-0.3, -0.25) is 5.10 Å². The first-order valence-electron chi connectivity index (χ1n) is 8.59. The molecule has 0 atom stereocenters. The number of nitrogens with one attached hydrogen (secondary N) is 2. The van der Waals surface area contributed by atoms with Gasteiger partial charge < -0.3 is 15.1 Å². The molecule has 1 saturated heterocycles. The third-order valence-electron chi connectivity index (χ3n) is 4.69. The molecule has 1 fully saturated rings. The monoisotopic (exact) mass is 345 g/mol. The van der Waals surface area contributed by atoms with Gasteiger partial charge in [-0.1, -0.05) is 12.1 Å². The van der Waals surface area contributed by atoms with Crippen molar-refractivity contribution in [3.8, 4) is 0 Å². The summed E-state index contributed by atoms with van der Waals surface area (Å²) in [7, 11) is 0. The first kappa shape index (κ1) is 17.3. The fourth-order valence-corrected chi connectivity index (χ4v) is 3.21. The number of halogens is 1. The fraction of sp³-hybridized carbons (Fsp3) is 0.444. The van der Waals surface area contributed by atoms with Crippen molar-refractivity contribution in [3.63, 3.8) is 0 Å². The molecule has 0 saturated carbocycles. The van der Waals surface area contributed by atoms with E-state index in [2.05, 4.69) is 15.5 Å². The zero-order valence-electron chi connectivity index (χ0n) is 14.7. The molecule has 6 nitrogen and oxygen atoms in total.